The van der Waals surface area contributed by atoms with Crippen LogP contribution in [0.3, 0.4) is 0 Å². The number of nitrogens with one attached hydrogen (secondary N) is 1. The predicted octanol–water partition coefficient (Wildman–Crippen LogP) is 4.24. The van der Waals surface area contributed by atoms with Crippen molar-refractivity contribution in [3.8, 4) is 0 Å². The van der Waals surface area contributed by atoms with Crippen molar-refractivity contribution < 1.29 is 0 Å². The summed E-state index contributed by atoms with van der Waals surface area (Å²) in [5, 5.41) is 8.40. The summed E-state index contributed by atoms with van der Waals surface area (Å²) in [6.45, 7) is 5.45. The molecule has 3 nitrogen and oxygen atoms in total. The molecule has 0 aromatic carbocycles. The first-order chi connectivity index (χ1) is 10.2. The van der Waals surface area contributed by atoms with E-state index >= 15 is 0 Å². The molecule has 1 aromatic rings. The molecule has 0 saturated heterocycles. The third-order valence-electron chi connectivity index (χ3n) is 4.85. The fourth-order valence-corrected chi connectivity index (χ4v) is 4.41. The molecule has 1 aliphatic carbocycles. The van der Waals surface area contributed by atoms with Crippen LogP contribution in [0, 0.1) is 5.92 Å². The van der Waals surface area contributed by atoms with Gasteiger partial charge in [0.25, 0.3) is 0 Å². The molecule has 0 spiro atoms. The summed E-state index contributed by atoms with van der Waals surface area (Å²) in [5.41, 5.74) is 2.53. The number of nitrogens with zero attached hydrogens (tertiary/aromatic N) is 2. The zero-order valence-electron chi connectivity index (χ0n) is 13.8. The Balaban J connectivity index is 2.13. The third-order valence-corrected chi connectivity index (χ3v) is 5.77. The number of rotatable bonds is 6. The maximum absolute atomic E-state index is 4.65. The fraction of sp³-hybridized carbons (Fsp3) is 0.824. The van der Waals surface area contributed by atoms with Crippen molar-refractivity contribution in [1.82, 2.24) is 15.1 Å². The Hall–Kier alpha value is -0.350. The average Bonchev–Trinajstić information content (AvgIpc) is 2.68. The van der Waals surface area contributed by atoms with Crippen LogP contribution in [0.4, 0.5) is 0 Å². The minimum absolute atomic E-state index is 0.588. The van der Waals surface area contributed by atoms with Crippen LogP contribution < -0.4 is 5.32 Å². The van der Waals surface area contributed by atoms with Crippen molar-refractivity contribution in [2.24, 2.45) is 13.0 Å². The molecule has 1 aliphatic rings. The van der Waals surface area contributed by atoms with Crippen LogP contribution in [0.25, 0.3) is 0 Å². The Morgan fingerprint density at radius 2 is 1.90 bits per heavy atom. The first kappa shape index (κ1) is 17.0. The minimum Gasteiger partial charge on any atom is -0.314 e. The Labute approximate surface area is 138 Å². The lowest BCUT2D eigenvalue weighted by Gasteiger charge is -2.27. The largest absolute Gasteiger partial charge is 0.314 e. The van der Waals surface area contributed by atoms with Crippen LogP contribution in [0.2, 0.25) is 0 Å². The maximum Gasteiger partial charge on any atom is 0.0766 e. The Kier molecular flexibility index (Phi) is 6.74. The molecule has 1 fully saturated rings. The van der Waals surface area contributed by atoms with Crippen molar-refractivity contribution in [2.45, 2.75) is 71.3 Å². The van der Waals surface area contributed by atoms with E-state index in [9.17, 15) is 0 Å². The average molecular weight is 356 g/mol. The van der Waals surface area contributed by atoms with Gasteiger partial charge in [-0.3, -0.25) is 4.68 Å². The van der Waals surface area contributed by atoms with Gasteiger partial charge in [0.2, 0.25) is 0 Å². The summed E-state index contributed by atoms with van der Waals surface area (Å²) in [4.78, 5) is 0. The van der Waals surface area contributed by atoms with Gasteiger partial charge in [-0.1, -0.05) is 39.5 Å². The number of halogens is 1. The van der Waals surface area contributed by atoms with E-state index < -0.39 is 0 Å². The molecule has 0 radical (unpaired) electrons. The van der Waals surface area contributed by atoms with Gasteiger partial charge in [-0.25, -0.2) is 0 Å². The van der Waals surface area contributed by atoms with Gasteiger partial charge >= 0.3 is 0 Å². The second kappa shape index (κ2) is 8.33. The second-order valence-electron chi connectivity index (χ2n) is 6.30. The highest BCUT2D eigenvalue weighted by molar-refractivity contribution is 9.10. The normalized spacial score (nSPS) is 18.7. The molecular formula is C17H30BrN3. The van der Waals surface area contributed by atoms with Crippen LogP contribution in [-0.2, 0) is 19.9 Å². The van der Waals surface area contributed by atoms with Crippen LogP contribution in [0.1, 0.15) is 63.8 Å². The maximum atomic E-state index is 4.65. The van der Waals surface area contributed by atoms with Gasteiger partial charge in [0.1, 0.15) is 0 Å². The summed E-state index contributed by atoms with van der Waals surface area (Å²) < 4.78 is 3.30. The molecule has 0 bridgehead atoms. The lowest BCUT2D eigenvalue weighted by atomic mass is 9.89. The first-order valence-corrected chi connectivity index (χ1v) is 9.40. The molecule has 1 aromatic heterocycles. The molecule has 1 unspecified atom stereocenters. The van der Waals surface area contributed by atoms with E-state index in [4.69, 9.17) is 0 Å². The summed E-state index contributed by atoms with van der Waals surface area (Å²) in [5.74, 6) is 0.819. The van der Waals surface area contributed by atoms with E-state index in [1.54, 1.807) is 0 Å². The lowest BCUT2D eigenvalue weighted by Crippen LogP contribution is -2.38. The minimum atomic E-state index is 0.588. The zero-order chi connectivity index (χ0) is 15.2. The van der Waals surface area contributed by atoms with E-state index in [1.807, 2.05) is 0 Å². The highest BCUT2D eigenvalue weighted by Crippen LogP contribution is 2.29. The molecular weight excluding hydrogens is 326 g/mol. The van der Waals surface area contributed by atoms with Crippen LogP contribution in [0.15, 0.2) is 4.47 Å². The Morgan fingerprint density at radius 3 is 2.43 bits per heavy atom. The van der Waals surface area contributed by atoms with Crippen molar-refractivity contribution in [2.75, 3.05) is 6.54 Å². The Bertz CT molecular complexity index is 433. The smallest absolute Gasteiger partial charge is 0.0766 e. The number of aromatic nitrogens is 2. The van der Waals surface area contributed by atoms with E-state index in [-0.39, 0.29) is 0 Å². The van der Waals surface area contributed by atoms with Gasteiger partial charge in [0, 0.05) is 19.5 Å². The molecule has 4 heteroatoms. The molecule has 1 saturated carbocycles. The van der Waals surface area contributed by atoms with Crippen molar-refractivity contribution in [1.29, 1.82) is 0 Å². The quantitative estimate of drug-likeness (QED) is 0.773. The highest BCUT2D eigenvalue weighted by atomic mass is 79.9. The number of hydrogen-bond acceptors (Lipinski definition) is 2. The standard InChI is InChI=1S/C17H30BrN3/c1-4-14-17(18)16(21(3)20-14)12-15(19-5-2)13-10-8-6-7-9-11-13/h13,15,19H,4-12H2,1-3H3. The van der Waals surface area contributed by atoms with Crippen molar-refractivity contribution >= 4 is 15.9 Å². The molecule has 120 valence electrons. The van der Waals surface area contributed by atoms with E-state index in [0.717, 1.165) is 25.3 Å². The summed E-state index contributed by atoms with van der Waals surface area (Å²) in [6, 6.07) is 0.588. The Morgan fingerprint density at radius 1 is 1.24 bits per heavy atom. The first-order valence-electron chi connectivity index (χ1n) is 8.61. The number of aryl methyl sites for hydroxylation is 2. The molecule has 1 heterocycles. The van der Waals surface area contributed by atoms with E-state index in [1.165, 1.54) is 54.4 Å². The van der Waals surface area contributed by atoms with Gasteiger partial charge in [-0.2, -0.15) is 5.10 Å². The summed E-state index contributed by atoms with van der Waals surface area (Å²) >= 11 is 3.77. The van der Waals surface area contributed by atoms with Crippen LogP contribution >= 0.6 is 15.9 Å². The summed E-state index contributed by atoms with van der Waals surface area (Å²) in [7, 11) is 2.08. The molecule has 0 aliphatic heterocycles. The van der Waals surface area contributed by atoms with Crippen LogP contribution in [-0.4, -0.2) is 22.4 Å². The summed E-state index contributed by atoms with van der Waals surface area (Å²) in [6.07, 6.45) is 10.5. The van der Waals surface area contributed by atoms with Gasteiger partial charge < -0.3 is 5.32 Å². The van der Waals surface area contributed by atoms with Gasteiger partial charge in [0.05, 0.1) is 15.9 Å². The number of likely N-dealkylation sites (N-methyl/N-ethyl adjacent to an activating group) is 1. The second-order valence-corrected chi connectivity index (χ2v) is 7.10. The predicted molar refractivity (Wildman–Crippen MR) is 92.6 cm³/mol. The molecule has 21 heavy (non-hydrogen) atoms. The van der Waals surface area contributed by atoms with Crippen molar-refractivity contribution in [3.05, 3.63) is 15.9 Å². The molecule has 2 rings (SSSR count). The van der Waals surface area contributed by atoms with Crippen LogP contribution in [0.5, 0.6) is 0 Å². The van der Waals surface area contributed by atoms with Crippen molar-refractivity contribution in [3.63, 3.8) is 0 Å². The van der Waals surface area contributed by atoms with Gasteiger partial charge in [-0.15, -0.1) is 0 Å². The van der Waals surface area contributed by atoms with Gasteiger partial charge in [0.15, 0.2) is 0 Å². The zero-order valence-corrected chi connectivity index (χ0v) is 15.4. The SMILES string of the molecule is CCNC(Cc1c(Br)c(CC)nn1C)C1CCCCCC1. The topological polar surface area (TPSA) is 29.9 Å². The highest BCUT2D eigenvalue weighted by Gasteiger charge is 2.25. The van der Waals surface area contributed by atoms with E-state index in [2.05, 4.69) is 51.9 Å². The molecule has 1 N–H and O–H groups in total. The van der Waals surface area contributed by atoms with Gasteiger partial charge in [-0.05, 0) is 47.7 Å². The fourth-order valence-electron chi connectivity index (χ4n) is 3.63. The number of hydrogen-bond donors (Lipinski definition) is 1. The lowest BCUT2D eigenvalue weighted by molar-refractivity contribution is 0.317. The third kappa shape index (κ3) is 4.32. The van der Waals surface area contributed by atoms with E-state index in [0.29, 0.717) is 6.04 Å². The molecule has 0 amide bonds. The monoisotopic (exact) mass is 355 g/mol. The molecule has 1 atom stereocenters.